The van der Waals surface area contributed by atoms with Crippen molar-refractivity contribution in [1.82, 2.24) is 24.5 Å². The molecule has 0 aliphatic rings. The number of aryl methyl sites for hydroxylation is 2. The van der Waals surface area contributed by atoms with Crippen LogP contribution >= 0.6 is 22.6 Å². The maximum absolute atomic E-state index is 6.11. The van der Waals surface area contributed by atoms with Gasteiger partial charge in [0, 0.05) is 24.5 Å². The Kier molecular flexibility index (Phi) is 4.19. The molecule has 130 valence electrons. The number of benzene rings is 1. The molecule has 4 aromatic rings. The predicted octanol–water partition coefficient (Wildman–Crippen LogP) is 3.71. The number of ether oxygens (including phenoxy) is 1. The highest BCUT2D eigenvalue weighted by Crippen LogP contribution is 2.37. The van der Waals surface area contributed by atoms with Gasteiger partial charge in [-0.3, -0.25) is 0 Å². The van der Waals surface area contributed by atoms with Crippen molar-refractivity contribution in [3.63, 3.8) is 0 Å². The second-order valence-electron chi connectivity index (χ2n) is 5.79. The van der Waals surface area contributed by atoms with Gasteiger partial charge in [-0.05, 0) is 53.3 Å². The third kappa shape index (κ3) is 2.85. The molecule has 0 saturated heterocycles. The van der Waals surface area contributed by atoms with Crippen molar-refractivity contribution in [2.45, 2.75) is 6.92 Å². The maximum Gasteiger partial charge on any atom is 0.322 e. The van der Waals surface area contributed by atoms with Crippen LogP contribution in [0.25, 0.3) is 22.2 Å². The first-order valence-electron chi connectivity index (χ1n) is 7.87. The second-order valence-corrected chi connectivity index (χ2v) is 6.81. The molecule has 0 aliphatic heterocycles. The van der Waals surface area contributed by atoms with Crippen molar-refractivity contribution in [2.24, 2.45) is 7.05 Å². The molecule has 4 rings (SSSR count). The van der Waals surface area contributed by atoms with E-state index in [-0.39, 0.29) is 0 Å². The number of fused-ring (bicyclic) bond motifs is 1. The monoisotopic (exact) mass is 458 g/mol. The molecule has 2 N–H and O–H groups in total. The van der Waals surface area contributed by atoms with Crippen molar-refractivity contribution in [3.8, 4) is 22.9 Å². The number of halogens is 1. The lowest BCUT2D eigenvalue weighted by molar-refractivity contribution is 0.440. The number of nitrogens with two attached hydrogens (primary N) is 1. The number of nitrogen functional groups attached to an aromatic ring is 1. The summed E-state index contributed by atoms with van der Waals surface area (Å²) in [5.41, 5.74) is 9.80. The minimum Gasteiger partial charge on any atom is -0.424 e. The Hall–Kier alpha value is -2.75. The SMILES string of the molecule is Cc1ccnc(Oc2ccc(-c3c(I)n(C)c4ncnc(N)c34)cc2)n1. The molecule has 0 aliphatic carbocycles. The standard InChI is InChI=1S/C18H15IN6O/c1-10-7-8-21-18(24-10)26-12-5-3-11(4-6-12)13-14-16(20)22-9-23-17(14)25(2)15(13)19/h3-9H,1-2H3,(H2,20,22,23). The Labute approximate surface area is 163 Å². The zero-order valence-corrected chi connectivity index (χ0v) is 16.3. The van der Waals surface area contributed by atoms with Crippen LogP contribution in [0.5, 0.6) is 11.8 Å². The minimum atomic E-state index is 0.329. The maximum atomic E-state index is 6.11. The fraction of sp³-hybridized carbons (Fsp3) is 0.111. The highest BCUT2D eigenvalue weighted by molar-refractivity contribution is 14.1. The average Bonchev–Trinajstić information content (AvgIpc) is 2.89. The van der Waals surface area contributed by atoms with Crippen molar-refractivity contribution >= 4 is 39.4 Å². The van der Waals surface area contributed by atoms with E-state index in [1.165, 1.54) is 6.33 Å². The molecule has 0 unspecified atom stereocenters. The molecule has 0 radical (unpaired) electrons. The third-order valence-corrected chi connectivity index (χ3v) is 5.31. The normalized spacial score (nSPS) is 11.0. The van der Waals surface area contributed by atoms with E-state index in [1.54, 1.807) is 6.20 Å². The number of anilines is 1. The van der Waals surface area contributed by atoms with Crippen LogP contribution < -0.4 is 10.5 Å². The molecule has 0 atom stereocenters. The van der Waals surface area contributed by atoms with Crippen LogP contribution in [0.3, 0.4) is 0 Å². The first-order chi connectivity index (χ1) is 12.5. The highest BCUT2D eigenvalue weighted by atomic mass is 127. The molecule has 0 spiro atoms. The van der Waals surface area contributed by atoms with E-state index in [2.05, 4.69) is 42.5 Å². The van der Waals surface area contributed by atoms with E-state index in [0.717, 1.165) is 31.6 Å². The van der Waals surface area contributed by atoms with Gasteiger partial charge in [-0.2, -0.15) is 0 Å². The van der Waals surface area contributed by atoms with Gasteiger partial charge in [-0.15, -0.1) is 0 Å². The van der Waals surface area contributed by atoms with Crippen molar-refractivity contribution in [3.05, 3.63) is 52.3 Å². The Bertz CT molecular complexity index is 1110. The van der Waals surface area contributed by atoms with Gasteiger partial charge in [-0.25, -0.2) is 19.9 Å². The van der Waals surface area contributed by atoms with Gasteiger partial charge in [-0.1, -0.05) is 12.1 Å². The lowest BCUT2D eigenvalue weighted by atomic mass is 10.1. The van der Waals surface area contributed by atoms with Gasteiger partial charge in [0.25, 0.3) is 0 Å². The molecule has 3 heterocycles. The topological polar surface area (TPSA) is 91.7 Å². The highest BCUT2D eigenvalue weighted by Gasteiger charge is 2.18. The van der Waals surface area contributed by atoms with Crippen LogP contribution in [-0.2, 0) is 7.05 Å². The number of rotatable bonds is 3. The van der Waals surface area contributed by atoms with E-state index in [0.29, 0.717) is 17.6 Å². The summed E-state index contributed by atoms with van der Waals surface area (Å²) >= 11 is 2.30. The summed E-state index contributed by atoms with van der Waals surface area (Å²) in [6, 6.07) is 9.88. The summed E-state index contributed by atoms with van der Waals surface area (Å²) in [5.74, 6) is 1.14. The quantitative estimate of drug-likeness (QED) is 0.471. The minimum absolute atomic E-state index is 0.329. The van der Waals surface area contributed by atoms with Crippen molar-refractivity contribution in [2.75, 3.05) is 5.73 Å². The Balaban J connectivity index is 1.74. The van der Waals surface area contributed by atoms with E-state index < -0.39 is 0 Å². The molecular formula is C18H15IN6O. The Morgan fingerprint density at radius 3 is 2.58 bits per heavy atom. The fourth-order valence-electron chi connectivity index (χ4n) is 2.78. The summed E-state index contributed by atoms with van der Waals surface area (Å²) in [6.45, 7) is 1.90. The van der Waals surface area contributed by atoms with Crippen LogP contribution in [0.4, 0.5) is 5.82 Å². The summed E-state index contributed by atoms with van der Waals surface area (Å²) in [7, 11) is 1.96. The average molecular weight is 458 g/mol. The molecule has 0 fully saturated rings. The Morgan fingerprint density at radius 1 is 1.08 bits per heavy atom. The second kappa shape index (κ2) is 6.52. The molecule has 7 nitrogen and oxygen atoms in total. The number of aromatic nitrogens is 5. The van der Waals surface area contributed by atoms with E-state index >= 15 is 0 Å². The molecule has 0 saturated carbocycles. The summed E-state index contributed by atoms with van der Waals surface area (Å²) < 4.78 is 8.77. The Morgan fingerprint density at radius 2 is 1.85 bits per heavy atom. The van der Waals surface area contributed by atoms with Crippen LogP contribution in [0.2, 0.25) is 0 Å². The van der Waals surface area contributed by atoms with E-state index in [4.69, 9.17) is 10.5 Å². The van der Waals surface area contributed by atoms with Crippen LogP contribution in [0.1, 0.15) is 5.69 Å². The fourth-order valence-corrected chi connectivity index (χ4v) is 3.59. The number of hydrogen-bond donors (Lipinski definition) is 1. The van der Waals surface area contributed by atoms with Crippen LogP contribution in [-0.4, -0.2) is 24.5 Å². The van der Waals surface area contributed by atoms with E-state index in [1.807, 2.05) is 48.9 Å². The van der Waals surface area contributed by atoms with Crippen LogP contribution in [0, 0.1) is 10.6 Å². The van der Waals surface area contributed by atoms with Crippen LogP contribution in [0.15, 0.2) is 42.9 Å². The molecule has 8 heteroatoms. The van der Waals surface area contributed by atoms with Gasteiger partial charge in [0.05, 0.1) is 9.09 Å². The first kappa shape index (κ1) is 16.7. The molecule has 0 amide bonds. The third-order valence-electron chi connectivity index (χ3n) is 4.05. The molecule has 3 aromatic heterocycles. The zero-order valence-electron chi connectivity index (χ0n) is 14.1. The lowest BCUT2D eigenvalue weighted by Crippen LogP contribution is -1.95. The lowest BCUT2D eigenvalue weighted by Gasteiger charge is -2.06. The van der Waals surface area contributed by atoms with Gasteiger partial charge in [0.15, 0.2) is 0 Å². The van der Waals surface area contributed by atoms with Crippen molar-refractivity contribution in [1.29, 1.82) is 0 Å². The molecule has 1 aromatic carbocycles. The summed E-state index contributed by atoms with van der Waals surface area (Å²) in [5, 5.41) is 0.857. The van der Waals surface area contributed by atoms with Gasteiger partial charge in [0.2, 0.25) is 0 Å². The number of nitrogens with zero attached hydrogens (tertiary/aromatic N) is 5. The van der Waals surface area contributed by atoms with Gasteiger partial charge >= 0.3 is 6.01 Å². The van der Waals surface area contributed by atoms with Crippen molar-refractivity contribution < 1.29 is 4.74 Å². The largest absolute Gasteiger partial charge is 0.424 e. The van der Waals surface area contributed by atoms with Gasteiger partial charge < -0.3 is 15.0 Å². The summed E-state index contributed by atoms with van der Waals surface area (Å²) in [4.78, 5) is 16.9. The molecule has 0 bridgehead atoms. The number of hydrogen-bond acceptors (Lipinski definition) is 6. The van der Waals surface area contributed by atoms with E-state index in [9.17, 15) is 0 Å². The first-order valence-corrected chi connectivity index (χ1v) is 8.95. The molecule has 26 heavy (non-hydrogen) atoms. The zero-order chi connectivity index (χ0) is 18.3. The summed E-state index contributed by atoms with van der Waals surface area (Å²) in [6.07, 6.45) is 3.16. The van der Waals surface area contributed by atoms with Gasteiger partial charge in [0.1, 0.15) is 23.5 Å². The molecular weight excluding hydrogens is 443 g/mol. The predicted molar refractivity (Wildman–Crippen MR) is 108 cm³/mol. The smallest absolute Gasteiger partial charge is 0.322 e.